The number of carbonyl (C=O) groups excluding carboxylic acids is 1. The van der Waals surface area contributed by atoms with Gasteiger partial charge in [-0.1, -0.05) is 6.07 Å². The fraction of sp³-hybridized carbons (Fsp3) is 0.417. The number of aliphatic hydroxyl groups is 1. The highest BCUT2D eigenvalue weighted by molar-refractivity contribution is 5.97. The summed E-state index contributed by atoms with van der Waals surface area (Å²) in [6.07, 6.45) is 0.138. The van der Waals surface area contributed by atoms with Crippen LogP contribution in [-0.2, 0) is 4.79 Å². The molecule has 2 N–H and O–H groups in total. The summed E-state index contributed by atoms with van der Waals surface area (Å²) < 4.78 is 10.8. The molecule has 1 aliphatic heterocycles. The van der Waals surface area contributed by atoms with Crippen LogP contribution in [-0.4, -0.2) is 30.3 Å². The van der Waals surface area contributed by atoms with E-state index in [9.17, 15) is 4.79 Å². The Morgan fingerprint density at radius 1 is 1.59 bits per heavy atom. The third-order valence-electron chi connectivity index (χ3n) is 2.40. The largest absolute Gasteiger partial charge is 0.491 e. The fourth-order valence-corrected chi connectivity index (χ4v) is 1.53. The summed E-state index contributed by atoms with van der Waals surface area (Å²) in [6.45, 7) is 2.13. The van der Waals surface area contributed by atoms with E-state index >= 15 is 0 Å². The van der Waals surface area contributed by atoms with Crippen molar-refractivity contribution in [2.24, 2.45) is 0 Å². The number of amides is 1. The van der Waals surface area contributed by atoms with Crippen molar-refractivity contribution in [3.8, 4) is 11.5 Å². The topological polar surface area (TPSA) is 67.8 Å². The van der Waals surface area contributed by atoms with E-state index in [1.165, 1.54) is 0 Å². The minimum Gasteiger partial charge on any atom is -0.491 e. The maximum absolute atomic E-state index is 11.2. The van der Waals surface area contributed by atoms with Gasteiger partial charge in [0.2, 0.25) is 0 Å². The maximum atomic E-state index is 11.2. The predicted octanol–water partition coefficient (Wildman–Crippen LogP) is 1.17. The second-order valence-electron chi connectivity index (χ2n) is 3.95. The molecule has 0 bridgehead atoms. The SMILES string of the molecule is CC(O)CCOc1cccc2c1NC(=O)CO2. The molecule has 0 fully saturated rings. The van der Waals surface area contributed by atoms with Crippen molar-refractivity contribution in [3.05, 3.63) is 18.2 Å². The van der Waals surface area contributed by atoms with E-state index in [0.29, 0.717) is 30.2 Å². The minimum absolute atomic E-state index is 0.0319. The van der Waals surface area contributed by atoms with Crippen LogP contribution >= 0.6 is 0 Å². The second kappa shape index (κ2) is 5.05. The van der Waals surface area contributed by atoms with E-state index in [1.807, 2.05) is 0 Å². The Bertz CT molecular complexity index is 417. The molecular formula is C12H15NO4. The van der Waals surface area contributed by atoms with Crippen LogP contribution < -0.4 is 14.8 Å². The van der Waals surface area contributed by atoms with Gasteiger partial charge in [0.05, 0.1) is 12.7 Å². The average Bonchev–Trinajstić information content (AvgIpc) is 2.29. The lowest BCUT2D eigenvalue weighted by atomic mass is 10.2. The Morgan fingerprint density at radius 2 is 2.41 bits per heavy atom. The van der Waals surface area contributed by atoms with Gasteiger partial charge in [0.15, 0.2) is 6.61 Å². The van der Waals surface area contributed by atoms with Crippen molar-refractivity contribution >= 4 is 11.6 Å². The molecular weight excluding hydrogens is 222 g/mol. The Labute approximate surface area is 99.3 Å². The molecule has 0 saturated carbocycles. The second-order valence-corrected chi connectivity index (χ2v) is 3.95. The van der Waals surface area contributed by atoms with Gasteiger partial charge < -0.3 is 19.9 Å². The quantitative estimate of drug-likeness (QED) is 0.824. The minimum atomic E-state index is -0.402. The number of fused-ring (bicyclic) bond motifs is 1. The first-order chi connectivity index (χ1) is 8.16. The number of nitrogens with one attached hydrogen (secondary N) is 1. The molecule has 0 aliphatic carbocycles. The number of anilines is 1. The summed E-state index contributed by atoms with van der Waals surface area (Å²) in [5, 5.41) is 11.9. The number of ether oxygens (including phenoxy) is 2. The molecule has 92 valence electrons. The molecule has 2 rings (SSSR count). The molecule has 17 heavy (non-hydrogen) atoms. The van der Waals surface area contributed by atoms with Crippen molar-refractivity contribution in [2.45, 2.75) is 19.4 Å². The molecule has 1 amide bonds. The lowest BCUT2D eigenvalue weighted by Crippen LogP contribution is -2.25. The van der Waals surface area contributed by atoms with Gasteiger partial charge in [0.1, 0.15) is 17.2 Å². The van der Waals surface area contributed by atoms with Gasteiger partial charge in [-0.15, -0.1) is 0 Å². The standard InChI is InChI=1S/C12H15NO4/c1-8(14)5-6-16-9-3-2-4-10-12(9)13-11(15)7-17-10/h2-4,8,14H,5-7H2,1H3,(H,13,15). The lowest BCUT2D eigenvalue weighted by Gasteiger charge is -2.20. The van der Waals surface area contributed by atoms with Gasteiger partial charge in [0, 0.05) is 6.42 Å². The molecule has 5 nitrogen and oxygen atoms in total. The molecule has 0 radical (unpaired) electrons. The van der Waals surface area contributed by atoms with Gasteiger partial charge in [-0.2, -0.15) is 0 Å². The zero-order chi connectivity index (χ0) is 12.3. The van der Waals surface area contributed by atoms with Crippen LogP contribution in [0.3, 0.4) is 0 Å². The van der Waals surface area contributed by atoms with E-state index < -0.39 is 6.10 Å². The average molecular weight is 237 g/mol. The molecule has 1 heterocycles. The van der Waals surface area contributed by atoms with Crippen molar-refractivity contribution in [3.63, 3.8) is 0 Å². The van der Waals surface area contributed by atoms with Crippen molar-refractivity contribution < 1.29 is 19.4 Å². The normalized spacial score (nSPS) is 15.5. The van der Waals surface area contributed by atoms with Gasteiger partial charge in [0.25, 0.3) is 5.91 Å². The highest BCUT2D eigenvalue weighted by atomic mass is 16.5. The van der Waals surface area contributed by atoms with Gasteiger partial charge in [-0.25, -0.2) is 0 Å². The third kappa shape index (κ3) is 2.88. The molecule has 1 unspecified atom stereocenters. The predicted molar refractivity (Wildman–Crippen MR) is 62.4 cm³/mol. The number of hydrogen-bond donors (Lipinski definition) is 2. The first-order valence-corrected chi connectivity index (χ1v) is 5.53. The Balaban J connectivity index is 2.09. The fourth-order valence-electron chi connectivity index (χ4n) is 1.53. The van der Waals surface area contributed by atoms with E-state index in [4.69, 9.17) is 14.6 Å². The van der Waals surface area contributed by atoms with Crippen molar-refractivity contribution in [1.82, 2.24) is 0 Å². The third-order valence-corrected chi connectivity index (χ3v) is 2.40. The van der Waals surface area contributed by atoms with Gasteiger partial charge in [-0.3, -0.25) is 4.79 Å². The zero-order valence-corrected chi connectivity index (χ0v) is 9.60. The van der Waals surface area contributed by atoms with Crippen molar-refractivity contribution in [2.75, 3.05) is 18.5 Å². The van der Waals surface area contributed by atoms with Crippen LogP contribution in [0.1, 0.15) is 13.3 Å². The molecule has 0 spiro atoms. The Kier molecular flexibility index (Phi) is 3.49. The molecule has 0 saturated heterocycles. The van der Waals surface area contributed by atoms with E-state index in [2.05, 4.69) is 5.32 Å². The lowest BCUT2D eigenvalue weighted by molar-refractivity contribution is -0.118. The zero-order valence-electron chi connectivity index (χ0n) is 9.60. The van der Waals surface area contributed by atoms with E-state index in [0.717, 1.165) is 0 Å². The molecule has 1 aliphatic rings. The highest BCUT2D eigenvalue weighted by Crippen LogP contribution is 2.36. The summed E-state index contributed by atoms with van der Waals surface area (Å²) in [4.78, 5) is 11.2. The van der Waals surface area contributed by atoms with Crippen LogP contribution in [0.25, 0.3) is 0 Å². The Hall–Kier alpha value is -1.75. The van der Waals surface area contributed by atoms with Gasteiger partial charge >= 0.3 is 0 Å². The van der Waals surface area contributed by atoms with E-state index in [-0.39, 0.29) is 12.5 Å². The van der Waals surface area contributed by atoms with Gasteiger partial charge in [-0.05, 0) is 19.1 Å². The van der Waals surface area contributed by atoms with Crippen LogP contribution in [0.4, 0.5) is 5.69 Å². The molecule has 0 aromatic heterocycles. The molecule has 5 heteroatoms. The van der Waals surface area contributed by atoms with Crippen LogP contribution in [0.5, 0.6) is 11.5 Å². The monoisotopic (exact) mass is 237 g/mol. The number of aliphatic hydroxyl groups excluding tert-OH is 1. The Morgan fingerprint density at radius 3 is 3.18 bits per heavy atom. The molecule has 1 aromatic carbocycles. The number of carbonyl (C=O) groups is 1. The number of hydrogen-bond acceptors (Lipinski definition) is 4. The summed E-state index contributed by atoms with van der Waals surface area (Å²) in [5.41, 5.74) is 0.564. The first-order valence-electron chi connectivity index (χ1n) is 5.53. The summed E-state index contributed by atoms with van der Waals surface area (Å²) >= 11 is 0. The highest BCUT2D eigenvalue weighted by Gasteiger charge is 2.19. The molecule has 1 aromatic rings. The van der Waals surface area contributed by atoms with Crippen LogP contribution in [0.15, 0.2) is 18.2 Å². The number of benzene rings is 1. The smallest absolute Gasteiger partial charge is 0.262 e. The maximum Gasteiger partial charge on any atom is 0.262 e. The molecule has 1 atom stereocenters. The number of para-hydroxylation sites is 1. The van der Waals surface area contributed by atoms with E-state index in [1.54, 1.807) is 25.1 Å². The van der Waals surface area contributed by atoms with Crippen molar-refractivity contribution in [1.29, 1.82) is 0 Å². The number of rotatable bonds is 4. The first kappa shape index (κ1) is 11.7. The summed E-state index contributed by atoms with van der Waals surface area (Å²) in [6, 6.07) is 5.33. The van der Waals surface area contributed by atoms with Crippen LogP contribution in [0, 0.1) is 0 Å². The summed E-state index contributed by atoms with van der Waals surface area (Å²) in [5.74, 6) is 0.986. The van der Waals surface area contributed by atoms with Crippen LogP contribution in [0.2, 0.25) is 0 Å². The summed E-state index contributed by atoms with van der Waals surface area (Å²) in [7, 11) is 0.